The van der Waals surface area contributed by atoms with Crippen molar-refractivity contribution in [3.8, 4) is 0 Å². The van der Waals surface area contributed by atoms with E-state index in [1.165, 1.54) is 0 Å². The van der Waals surface area contributed by atoms with Crippen LogP contribution in [0.1, 0.15) is 39.5 Å². The van der Waals surface area contributed by atoms with Gasteiger partial charge in [-0.15, -0.1) is 0 Å². The molecular formula is C13H24O4. The average Bonchev–Trinajstić information content (AvgIpc) is 2.37. The lowest BCUT2D eigenvalue weighted by Crippen LogP contribution is -2.28. The number of carbonyl (C=O) groups excluding carboxylic acids is 2. The molecule has 0 saturated heterocycles. The molecule has 0 aliphatic heterocycles. The van der Waals surface area contributed by atoms with Gasteiger partial charge in [-0.3, -0.25) is 0 Å². The molecule has 0 aromatic carbocycles. The Labute approximate surface area is 104 Å². The largest absolute Gasteiger partial charge is 0.381 e. The summed E-state index contributed by atoms with van der Waals surface area (Å²) in [5.41, 5.74) is -0.929. The van der Waals surface area contributed by atoms with Crippen molar-refractivity contribution in [3.05, 3.63) is 0 Å². The third-order valence-corrected chi connectivity index (χ3v) is 2.59. The molecular weight excluding hydrogens is 220 g/mol. The Morgan fingerprint density at radius 3 is 1.53 bits per heavy atom. The first-order valence-electron chi connectivity index (χ1n) is 6.32. The first kappa shape index (κ1) is 16.3. The van der Waals surface area contributed by atoms with E-state index >= 15 is 0 Å². The second-order valence-electron chi connectivity index (χ2n) is 4.19. The van der Waals surface area contributed by atoms with Gasteiger partial charge in [-0.1, -0.05) is 13.8 Å². The van der Waals surface area contributed by atoms with E-state index in [1.54, 1.807) is 0 Å². The lowest BCUT2D eigenvalue weighted by atomic mass is 9.85. The first-order chi connectivity index (χ1) is 8.24. The van der Waals surface area contributed by atoms with Crippen LogP contribution in [0.5, 0.6) is 0 Å². The summed E-state index contributed by atoms with van der Waals surface area (Å²) >= 11 is 0. The molecule has 0 atom stereocenters. The number of hydrogen-bond acceptors (Lipinski definition) is 4. The van der Waals surface area contributed by atoms with Gasteiger partial charge in [0, 0.05) is 26.4 Å². The third kappa shape index (κ3) is 7.23. The van der Waals surface area contributed by atoms with Crippen LogP contribution in [0.2, 0.25) is 0 Å². The van der Waals surface area contributed by atoms with Crippen molar-refractivity contribution in [1.29, 1.82) is 0 Å². The van der Waals surface area contributed by atoms with Crippen LogP contribution in [0.3, 0.4) is 0 Å². The normalized spacial score (nSPS) is 11.4. The minimum Gasteiger partial charge on any atom is -0.381 e. The van der Waals surface area contributed by atoms with E-state index in [4.69, 9.17) is 9.47 Å². The molecule has 0 aliphatic carbocycles. The molecule has 0 aromatic heterocycles. The number of ether oxygens (including phenoxy) is 2. The Morgan fingerprint density at radius 1 is 0.824 bits per heavy atom. The topological polar surface area (TPSA) is 52.6 Å². The molecule has 0 unspecified atom stereocenters. The maximum atomic E-state index is 11.0. The second-order valence-corrected chi connectivity index (χ2v) is 4.19. The fraction of sp³-hybridized carbons (Fsp3) is 0.846. The van der Waals surface area contributed by atoms with Gasteiger partial charge in [0.2, 0.25) is 0 Å². The monoisotopic (exact) mass is 244 g/mol. The van der Waals surface area contributed by atoms with Gasteiger partial charge in [-0.2, -0.15) is 0 Å². The van der Waals surface area contributed by atoms with Crippen molar-refractivity contribution in [3.63, 3.8) is 0 Å². The number of carbonyl (C=O) groups is 2. The molecule has 0 bridgehead atoms. The number of rotatable bonds is 12. The summed E-state index contributed by atoms with van der Waals surface area (Å²) in [6.07, 6.45) is 4.21. The van der Waals surface area contributed by atoms with E-state index in [1.807, 2.05) is 13.8 Å². The van der Waals surface area contributed by atoms with Crippen LogP contribution in [0.25, 0.3) is 0 Å². The minimum absolute atomic E-state index is 0.440. The fourth-order valence-electron chi connectivity index (χ4n) is 1.41. The van der Waals surface area contributed by atoms with Gasteiger partial charge < -0.3 is 19.1 Å². The van der Waals surface area contributed by atoms with E-state index in [9.17, 15) is 9.59 Å². The Hall–Kier alpha value is -0.740. The first-order valence-corrected chi connectivity index (χ1v) is 6.32. The smallest absolute Gasteiger partial charge is 0.133 e. The lowest BCUT2D eigenvalue weighted by Gasteiger charge is -2.21. The molecule has 4 heteroatoms. The van der Waals surface area contributed by atoms with Crippen molar-refractivity contribution in [2.45, 2.75) is 39.5 Å². The van der Waals surface area contributed by atoms with Crippen LogP contribution in [-0.4, -0.2) is 39.0 Å². The highest BCUT2D eigenvalue weighted by atomic mass is 16.5. The Kier molecular flexibility index (Phi) is 9.96. The van der Waals surface area contributed by atoms with Crippen molar-refractivity contribution in [1.82, 2.24) is 0 Å². The molecule has 0 rings (SSSR count). The van der Waals surface area contributed by atoms with E-state index < -0.39 is 5.41 Å². The standard InChI is InChI=1S/C13H24O4/c1-3-7-16-9-5-13(11-14,12-15)6-10-17-8-4-2/h11-12H,3-10H2,1-2H3. The maximum absolute atomic E-state index is 11.0. The summed E-state index contributed by atoms with van der Waals surface area (Å²) in [6, 6.07) is 0. The highest BCUT2D eigenvalue weighted by Gasteiger charge is 2.28. The van der Waals surface area contributed by atoms with Gasteiger partial charge in [-0.25, -0.2) is 0 Å². The van der Waals surface area contributed by atoms with Gasteiger partial charge >= 0.3 is 0 Å². The minimum atomic E-state index is -0.929. The van der Waals surface area contributed by atoms with Crippen molar-refractivity contribution in [2.75, 3.05) is 26.4 Å². The van der Waals surface area contributed by atoms with Gasteiger partial charge in [0.1, 0.15) is 12.6 Å². The predicted octanol–water partition coefficient (Wildman–Crippen LogP) is 2.00. The predicted molar refractivity (Wildman–Crippen MR) is 66.0 cm³/mol. The van der Waals surface area contributed by atoms with Crippen molar-refractivity contribution in [2.24, 2.45) is 5.41 Å². The Bertz CT molecular complexity index is 182. The number of hydrogen-bond donors (Lipinski definition) is 0. The summed E-state index contributed by atoms with van der Waals surface area (Å²) in [6.45, 7) is 6.26. The van der Waals surface area contributed by atoms with Crippen LogP contribution in [-0.2, 0) is 19.1 Å². The summed E-state index contributed by atoms with van der Waals surface area (Å²) in [7, 11) is 0. The molecule has 0 N–H and O–H groups in total. The molecule has 0 amide bonds. The molecule has 17 heavy (non-hydrogen) atoms. The zero-order valence-corrected chi connectivity index (χ0v) is 10.9. The van der Waals surface area contributed by atoms with E-state index in [0.29, 0.717) is 39.3 Å². The van der Waals surface area contributed by atoms with Gasteiger partial charge in [0.05, 0.1) is 5.41 Å². The van der Waals surface area contributed by atoms with Gasteiger partial charge in [0.15, 0.2) is 0 Å². The van der Waals surface area contributed by atoms with Crippen molar-refractivity contribution < 1.29 is 19.1 Å². The molecule has 0 fully saturated rings. The molecule has 100 valence electrons. The van der Waals surface area contributed by atoms with Crippen molar-refractivity contribution >= 4 is 12.6 Å². The van der Waals surface area contributed by atoms with Gasteiger partial charge in [-0.05, 0) is 25.7 Å². The molecule has 0 spiro atoms. The highest BCUT2D eigenvalue weighted by Crippen LogP contribution is 2.21. The Morgan fingerprint density at radius 2 is 1.24 bits per heavy atom. The molecule has 4 nitrogen and oxygen atoms in total. The SMILES string of the molecule is CCCOCCC(C=O)(C=O)CCOCCC. The fourth-order valence-corrected chi connectivity index (χ4v) is 1.41. The van der Waals surface area contributed by atoms with Crippen LogP contribution >= 0.6 is 0 Å². The summed E-state index contributed by atoms with van der Waals surface area (Å²) in [5, 5.41) is 0. The van der Waals surface area contributed by atoms with E-state index in [-0.39, 0.29) is 0 Å². The zero-order chi connectivity index (χ0) is 13.0. The van der Waals surface area contributed by atoms with Crippen LogP contribution < -0.4 is 0 Å². The van der Waals surface area contributed by atoms with Crippen LogP contribution in [0.4, 0.5) is 0 Å². The maximum Gasteiger partial charge on any atom is 0.133 e. The molecule has 0 heterocycles. The van der Waals surface area contributed by atoms with Crippen LogP contribution in [0.15, 0.2) is 0 Å². The average molecular weight is 244 g/mol. The molecule has 0 aromatic rings. The summed E-state index contributed by atoms with van der Waals surface area (Å²) in [4.78, 5) is 22.1. The zero-order valence-electron chi connectivity index (χ0n) is 10.9. The van der Waals surface area contributed by atoms with E-state index in [0.717, 1.165) is 25.4 Å². The molecule has 0 aliphatic rings. The second kappa shape index (κ2) is 10.4. The third-order valence-electron chi connectivity index (χ3n) is 2.59. The quantitative estimate of drug-likeness (QED) is 0.299. The summed E-state index contributed by atoms with van der Waals surface area (Å²) < 4.78 is 10.6. The number of aldehydes is 2. The molecule has 0 saturated carbocycles. The van der Waals surface area contributed by atoms with E-state index in [2.05, 4.69) is 0 Å². The van der Waals surface area contributed by atoms with Gasteiger partial charge in [0.25, 0.3) is 0 Å². The highest BCUT2D eigenvalue weighted by molar-refractivity contribution is 5.83. The molecule has 0 radical (unpaired) electrons. The Balaban J connectivity index is 3.97. The summed E-state index contributed by atoms with van der Waals surface area (Å²) in [5.74, 6) is 0. The lowest BCUT2D eigenvalue weighted by molar-refractivity contribution is -0.129. The van der Waals surface area contributed by atoms with Crippen LogP contribution in [0, 0.1) is 5.41 Å².